The van der Waals surface area contributed by atoms with Gasteiger partial charge in [-0.2, -0.15) is 57.8 Å². The number of nitrogens with one attached hydrogen (secondary N) is 2. The van der Waals surface area contributed by atoms with Gasteiger partial charge in [-0.05, 0) is 44.5 Å². The number of carboxylic acid groups (broad SMARTS) is 3. The van der Waals surface area contributed by atoms with Crippen molar-refractivity contribution in [1.82, 2.24) is 24.6 Å². The van der Waals surface area contributed by atoms with E-state index in [9.17, 15) is 62.3 Å². The fourth-order valence-corrected chi connectivity index (χ4v) is 3.84. The minimum atomic E-state index is -5.08. The number of amides is 2. The van der Waals surface area contributed by atoms with Crippen LogP contribution in [0.25, 0.3) is 11.3 Å². The number of unbranched alkanes of at least 4 members (excludes halogenated alkanes) is 1. The Labute approximate surface area is 322 Å². The number of carbonyl (C=O) groups excluding carboxylic acids is 2. The highest BCUT2D eigenvalue weighted by molar-refractivity contribution is 6.34. The molecule has 324 valence electrons. The highest BCUT2D eigenvalue weighted by Gasteiger charge is 2.40. The molecule has 0 aliphatic carbocycles. The first-order chi connectivity index (χ1) is 26.2. The first kappa shape index (κ1) is 52.1. The van der Waals surface area contributed by atoms with Gasteiger partial charge in [-0.25, -0.2) is 19.4 Å². The third-order valence-electron chi connectivity index (χ3n) is 6.04. The molecule has 0 spiro atoms. The molecule has 0 saturated carbocycles. The second-order valence-corrected chi connectivity index (χ2v) is 11.3. The highest BCUT2D eigenvalue weighted by atomic mass is 35.5. The Morgan fingerprint density at radius 1 is 0.845 bits per heavy atom. The second kappa shape index (κ2) is 21.6. The van der Waals surface area contributed by atoms with Crippen LogP contribution in [0, 0.1) is 0 Å². The molecule has 2 amide bonds. The van der Waals surface area contributed by atoms with Crippen LogP contribution >= 0.6 is 11.6 Å². The van der Waals surface area contributed by atoms with Gasteiger partial charge in [0.1, 0.15) is 0 Å². The van der Waals surface area contributed by atoms with Crippen molar-refractivity contribution in [2.24, 2.45) is 12.8 Å². The number of halogens is 13. The lowest BCUT2D eigenvalue weighted by Gasteiger charge is -2.10. The maximum atomic E-state index is 13.6. The van der Waals surface area contributed by atoms with Gasteiger partial charge in [0, 0.05) is 25.5 Å². The fourth-order valence-electron chi connectivity index (χ4n) is 3.58. The maximum Gasteiger partial charge on any atom is 0.490 e. The maximum absolute atomic E-state index is 13.6. The number of carbonyl (C=O) groups is 5. The van der Waals surface area contributed by atoms with E-state index in [-0.39, 0.29) is 45.8 Å². The van der Waals surface area contributed by atoms with Crippen molar-refractivity contribution in [3.8, 4) is 11.3 Å². The lowest BCUT2D eigenvalue weighted by Crippen LogP contribution is -2.25. The van der Waals surface area contributed by atoms with Gasteiger partial charge in [-0.1, -0.05) is 23.8 Å². The number of rotatable bonds is 10. The van der Waals surface area contributed by atoms with Crippen LogP contribution in [0.3, 0.4) is 0 Å². The van der Waals surface area contributed by atoms with Crippen LogP contribution in [0.4, 0.5) is 58.4 Å². The molecule has 3 aromatic rings. The number of nitrogens with two attached hydrogens (primary N) is 1. The van der Waals surface area contributed by atoms with Gasteiger partial charge in [0.2, 0.25) is 0 Å². The van der Waals surface area contributed by atoms with Crippen molar-refractivity contribution in [3.05, 3.63) is 64.8 Å². The number of hydrogen-bond donors (Lipinski definition) is 6. The van der Waals surface area contributed by atoms with E-state index in [4.69, 9.17) is 47.0 Å². The molecule has 0 unspecified atom stereocenters. The number of anilines is 1. The summed E-state index contributed by atoms with van der Waals surface area (Å²) in [5, 5.41) is 30.5. The van der Waals surface area contributed by atoms with Crippen molar-refractivity contribution in [2.45, 2.75) is 51.0 Å². The van der Waals surface area contributed by atoms with Crippen LogP contribution in [-0.2, 0) is 34.2 Å². The highest BCUT2D eigenvalue weighted by Crippen LogP contribution is 2.36. The zero-order valence-corrected chi connectivity index (χ0v) is 30.0. The summed E-state index contributed by atoms with van der Waals surface area (Å²) < 4.78 is 139. The standard InChI is InChI=1S/C24H27ClF3N7O2.3C2HF3O2/c1-14(2)12-35-13-17(20(33-35)24(26,27)28)19-11-31-21(34(19)3)23(37)32-15-6-7-16(18(25)10-15)22(36)30-9-5-4-8-29;3*3-2(4,5)1(6)7/h6-7,10-11,13H,1,4-5,8-9,12,29H2,2-3H3,(H,30,36)(H,32,37);3*(H,6,7). The van der Waals surface area contributed by atoms with Crippen molar-refractivity contribution in [2.75, 3.05) is 18.4 Å². The Morgan fingerprint density at radius 2 is 1.33 bits per heavy atom. The lowest BCUT2D eigenvalue weighted by atomic mass is 10.2. The van der Waals surface area contributed by atoms with Crippen LogP contribution < -0.4 is 16.4 Å². The molecule has 7 N–H and O–H groups in total. The van der Waals surface area contributed by atoms with Gasteiger partial charge < -0.3 is 36.3 Å². The molecular weight excluding hydrogens is 850 g/mol. The van der Waals surface area contributed by atoms with E-state index < -0.39 is 54.2 Å². The van der Waals surface area contributed by atoms with E-state index in [0.717, 1.165) is 17.5 Å². The van der Waals surface area contributed by atoms with Crippen LogP contribution in [0.1, 0.15) is 46.4 Å². The number of alkyl halides is 12. The van der Waals surface area contributed by atoms with Crippen molar-refractivity contribution < 1.29 is 92.0 Å². The zero-order valence-electron chi connectivity index (χ0n) is 29.3. The predicted molar refractivity (Wildman–Crippen MR) is 175 cm³/mol. The largest absolute Gasteiger partial charge is 0.490 e. The molecule has 15 nitrogen and oxygen atoms in total. The topological polar surface area (TPSA) is 232 Å². The summed E-state index contributed by atoms with van der Waals surface area (Å²) in [4.78, 5) is 55.9. The molecular formula is C30H30ClF12N7O8. The number of aromatic nitrogens is 4. The summed E-state index contributed by atoms with van der Waals surface area (Å²) in [7, 11) is 1.43. The van der Waals surface area contributed by atoms with Gasteiger partial charge >= 0.3 is 42.6 Å². The summed E-state index contributed by atoms with van der Waals surface area (Å²) in [5.41, 5.74) is 5.33. The van der Waals surface area contributed by atoms with Crippen LogP contribution in [0.2, 0.25) is 5.02 Å². The Balaban J connectivity index is 0.00000126. The minimum Gasteiger partial charge on any atom is -0.475 e. The van der Waals surface area contributed by atoms with E-state index in [0.29, 0.717) is 18.7 Å². The Kier molecular flexibility index (Phi) is 19.4. The van der Waals surface area contributed by atoms with Crippen molar-refractivity contribution in [1.29, 1.82) is 0 Å². The van der Waals surface area contributed by atoms with Gasteiger partial charge in [0.15, 0.2) is 11.5 Å². The SMILES string of the molecule is C=C(C)Cn1cc(-c2cnc(C(=O)Nc3ccc(C(=O)NCCCCN)c(Cl)c3)n2C)c(C(F)(F)F)n1.O=C(O)C(F)(F)F.O=C(O)C(F)(F)F.O=C(O)C(F)(F)F. The van der Waals surface area contributed by atoms with E-state index in [1.165, 1.54) is 42.2 Å². The summed E-state index contributed by atoms with van der Waals surface area (Å²) in [6.45, 7) is 6.47. The second-order valence-electron chi connectivity index (χ2n) is 10.9. The predicted octanol–water partition coefficient (Wildman–Crippen LogP) is 6.15. The van der Waals surface area contributed by atoms with Gasteiger partial charge in [-0.3, -0.25) is 14.3 Å². The average molecular weight is 880 g/mol. The Bertz CT molecular complexity index is 1870. The monoisotopic (exact) mass is 879 g/mol. The number of carboxylic acids is 3. The summed E-state index contributed by atoms with van der Waals surface area (Å²) in [6, 6.07) is 4.36. The van der Waals surface area contributed by atoms with Crippen LogP contribution in [0.15, 0.2) is 42.7 Å². The molecule has 0 radical (unpaired) electrons. The number of nitrogens with zero attached hydrogens (tertiary/aromatic N) is 4. The van der Waals surface area contributed by atoms with Gasteiger partial charge in [0.05, 0.1) is 34.6 Å². The van der Waals surface area contributed by atoms with Crippen molar-refractivity contribution >= 4 is 47.0 Å². The molecule has 0 aliphatic heterocycles. The quantitative estimate of drug-likeness (QED) is 0.0768. The van der Waals surface area contributed by atoms with Crippen LogP contribution in [-0.4, -0.2) is 96.0 Å². The Morgan fingerprint density at radius 3 is 1.72 bits per heavy atom. The molecule has 0 atom stereocenters. The molecule has 58 heavy (non-hydrogen) atoms. The smallest absolute Gasteiger partial charge is 0.475 e. The van der Waals surface area contributed by atoms with E-state index in [2.05, 4.69) is 27.3 Å². The molecule has 1 aromatic carbocycles. The third kappa shape index (κ3) is 17.9. The number of imidazole rings is 1. The number of hydrogen-bond acceptors (Lipinski definition) is 8. The molecule has 0 fully saturated rings. The lowest BCUT2D eigenvalue weighted by molar-refractivity contribution is -0.193. The summed E-state index contributed by atoms with van der Waals surface area (Å²) in [6.07, 6.45) is -16.0. The van der Waals surface area contributed by atoms with E-state index in [1.54, 1.807) is 6.92 Å². The van der Waals surface area contributed by atoms with Crippen molar-refractivity contribution in [3.63, 3.8) is 0 Å². The summed E-state index contributed by atoms with van der Waals surface area (Å²) in [5.74, 6) is -9.44. The molecule has 28 heteroatoms. The first-order valence-electron chi connectivity index (χ1n) is 15.1. The fraction of sp³-hybridized carbons (Fsp3) is 0.367. The molecule has 0 bridgehead atoms. The molecule has 0 aliphatic rings. The van der Waals surface area contributed by atoms with E-state index >= 15 is 0 Å². The normalized spacial score (nSPS) is 11.4. The molecule has 3 rings (SSSR count). The molecule has 2 aromatic heterocycles. The minimum absolute atomic E-state index is 0.0603. The van der Waals surface area contributed by atoms with Crippen LogP contribution in [0.5, 0.6) is 0 Å². The number of benzene rings is 1. The number of aliphatic carboxylic acids is 3. The first-order valence-corrected chi connectivity index (χ1v) is 15.4. The zero-order chi connectivity index (χ0) is 45.6. The van der Waals surface area contributed by atoms with Gasteiger partial charge in [0.25, 0.3) is 11.8 Å². The van der Waals surface area contributed by atoms with E-state index in [1.807, 2.05) is 0 Å². The average Bonchev–Trinajstić information content (AvgIpc) is 3.65. The number of allylic oxidation sites excluding steroid dienone is 1. The Hall–Kier alpha value is -5.86. The third-order valence-corrected chi connectivity index (χ3v) is 6.36. The molecule has 0 saturated heterocycles. The van der Waals surface area contributed by atoms with Gasteiger partial charge in [-0.15, -0.1) is 0 Å². The summed E-state index contributed by atoms with van der Waals surface area (Å²) >= 11 is 6.23. The molecule has 2 heterocycles.